The monoisotopic (exact) mass is 298 g/mol. The Morgan fingerprint density at radius 2 is 2.10 bits per heavy atom. The molecule has 2 rings (SSSR count). The largest absolute Gasteiger partial charge is 0.480 e. The molecule has 0 fully saturated rings. The number of carbonyl (C=O) groups is 1. The normalized spacial score (nSPS) is 12.0. The summed E-state index contributed by atoms with van der Waals surface area (Å²) in [5, 5.41) is -0.0237. The van der Waals surface area contributed by atoms with E-state index >= 15 is 0 Å². The van der Waals surface area contributed by atoms with Crippen molar-refractivity contribution in [1.82, 2.24) is 0 Å². The Balaban J connectivity index is 2.16. The van der Waals surface area contributed by atoms with E-state index in [4.69, 9.17) is 20.8 Å². The van der Waals surface area contributed by atoms with E-state index in [0.717, 1.165) is 0 Å². The number of ether oxygens (including phenoxy) is 2. The van der Waals surface area contributed by atoms with Crippen molar-refractivity contribution in [3.8, 4) is 5.75 Å². The maximum Gasteiger partial charge on any atom is 0.373 e. The highest BCUT2D eigenvalue weighted by molar-refractivity contribution is 6.30. The van der Waals surface area contributed by atoms with E-state index in [1.54, 1.807) is 19.1 Å². The quantitative estimate of drug-likeness (QED) is 0.801. The Labute approximate surface area is 120 Å². The van der Waals surface area contributed by atoms with Gasteiger partial charge in [-0.2, -0.15) is 0 Å². The van der Waals surface area contributed by atoms with Crippen molar-refractivity contribution in [2.24, 2.45) is 0 Å². The van der Waals surface area contributed by atoms with E-state index in [9.17, 15) is 9.18 Å². The number of methoxy groups -OCH3 is 1. The lowest BCUT2D eigenvalue weighted by molar-refractivity contribution is 0.0558. The highest BCUT2D eigenvalue weighted by Crippen LogP contribution is 2.29. The standard InChI is InChI=1S/C14H12ClFO4/c1-8(10-6-7-12(20-10)14(17)18-2)19-11-5-3-4-9(15)13(11)16/h3-8H,1-2H3. The molecule has 1 aromatic heterocycles. The maximum atomic E-state index is 13.7. The van der Waals surface area contributed by atoms with Crippen LogP contribution in [0.5, 0.6) is 5.75 Å². The molecular weight excluding hydrogens is 287 g/mol. The zero-order valence-electron chi connectivity index (χ0n) is 10.9. The summed E-state index contributed by atoms with van der Waals surface area (Å²) in [4.78, 5) is 11.3. The van der Waals surface area contributed by atoms with Gasteiger partial charge in [-0.1, -0.05) is 17.7 Å². The summed E-state index contributed by atoms with van der Waals surface area (Å²) in [6.07, 6.45) is -0.582. The molecule has 0 saturated heterocycles. The second-order valence-corrected chi connectivity index (χ2v) is 4.41. The van der Waals surface area contributed by atoms with Gasteiger partial charge >= 0.3 is 5.97 Å². The van der Waals surface area contributed by atoms with Crippen LogP contribution >= 0.6 is 11.6 Å². The van der Waals surface area contributed by atoms with Crippen molar-refractivity contribution in [3.63, 3.8) is 0 Å². The first kappa shape index (κ1) is 14.4. The summed E-state index contributed by atoms with van der Waals surface area (Å²) in [7, 11) is 1.26. The van der Waals surface area contributed by atoms with Crippen molar-refractivity contribution in [3.05, 3.63) is 52.7 Å². The van der Waals surface area contributed by atoms with Gasteiger partial charge in [0.25, 0.3) is 0 Å². The Morgan fingerprint density at radius 3 is 2.80 bits per heavy atom. The minimum atomic E-state index is -0.638. The topological polar surface area (TPSA) is 48.7 Å². The van der Waals surface area contributed by atoms with E-state index in [1.165, 1.54) is 25.3 Å². The minimum Gasteiger partial charge on any atom is -0.480 e. The number of esters is 1. The summed E-state index contributed by atoms with van der Waals surface area (Å²) in [6.45, 7) is 1.67. The predicted molar refractivity (Wildman–Crippen MR) is 70.5 cm³/mol. The van der Waals surface area contributed by atoms with Crippen LogP contribution in [0.25, 0.3) is 0 Å². The summed E-state index contributed by atoms with van der Waals surface area (Å²) in [5.41, 5.74) is 0. The number of halogens is 2. The van der Waals surface area contributed by atoms with Gasteiger partial charge in [0, 0.05) is 0 Å². The molecule has 2 aromatic rings. The van der Waals surface area contributed by atoms with E-state index in [0.29, 0.717) is 5.76 Å². The zero-order chi connectivity index (χ0) is 14.7. The van der Waals surface area contributed by atoms with Crippen LogP contribution in [0.1, 0.15) is 29.3 Å². The average molecular weight is 299 g/mol. The molecule has 1 unspecified atom stereocenters. The third kappa shape index (κ3) is 2.93. The second-order valence-electron chi connectivity index (χ2n) is 4.01. The molecule has 0 aliphatic carbocycles. The number of hydrogen-bond acceptors (Lipinski definition) is 4. The van der Waals surface area contributed by atoms with Crippen molar-refractivity contribution < 1.29 is 23.1 Å². The Kier molecular flexibility index (Phi) is 4.29. The fourth-order valence-corrected chi connectivity index (χ4v) is 1.77. The van der Waals surface area contributed by atoms with Gasteiger partial charge in [0.1, 0.15) is 5.76 Å². The van der Waals surface area contributed by atoms with Gasteiger partial charge in [0.05, 0.1) is 12.1 Å². The lowest BCUT2D eigenvalue weighted by Gasteiger charge is -2.13. The van der Waals surface area contributed by atoms with Gasteiger partial charge in [0.2, 0.25) is 5.76 Å². The van der Waals surface area contributed by atoms with Gasteiger partial charge in [-0.05, 0) is 31.2 Å². The molecule has 0 aliphatic rings. The number of rotatable bonds is 4. The molecule has 1 atom stereocenters. The molecule has 0 saturated carbocycles. The summed E-state index contributed by atoms with van der Waals surface area (Å²) >= 11 is 5.67. The Morgan fingerprint density at radius 1 is 1.35 bits per heavy atom. The Hall–Kier alpha value is -2.01. The number of benzene rings is 1. The van der Waals surface area contributed by atoms with Crippen LogP contribution in [0.4, 0.5) is 4.39 Å². The molecule has 1 aromatic carbocycles. The van der Waals surface area contributed by atoms with Gasteiger partial charge in [-0.25, -0.2) is 9.18 Å². The smallest absolute Gasteiger partial charge is 0.373 e. The third-order valence-corrected chi connectivity index (χ3v) is 2.93. The second kappa shape index (κ2) is 5.96. The van der Waals surface area contributed by atoms with E-state index in [1.807, 2.05) is 0 Å². The molecular formula is C14H12ClFO4. The molecule has 0 amide bonds. The molecule has 0 radical (unpaired) electrons. The minimum absolute atomic E-state index is 0.0148. The summed E-state index contributed by atoms with van der Waals surface area (Å²) in [5.74, 6) is -0.770. The Bertz CT molecular complexity index is 623. The fraction of sp³-hybridized carbons (Fsp3) is 0.214. The molecule has 106 valence electrons. The molecule has 0 bridgehead atoms. The van der Waals surface area contributed by atoms with Crippen LogP contribution in [0.15, 0.2) is 34.7 Å². The van der Waals surface area contributed by atoms with E-state index in [-0.39, 0.29) is 16.5 Å². The van der Waals surface area contributed by atoms with Crippen LogP contribution in [0.2, 0.25) is 5.02 Å². The zero-order valence-corrected chi connectivity index (χ0v) is 11.6. The van der Waals surface area contributed by atoms with Crippen LogP contribution in [0.3, 0.4) is 0 Å². The van der Waals surface area contributed by atoms with Crippen LogP contribution < -0.4 is 4.74 Å². The van der Waals surface area contributed by atoms with Gasteiger partial charge in [0.15, 0.2) is 17.7 Å². The van der Waals surface area contributed by atoms with Gasteiger partial charge in [-0.15, -0.1) is 0 Å². The SMILES string of the molecule is COC(=O)c1ccc(C(C)Oc2cccc(Cl)c2F)o1. The number of hydrogen-bond donors (Lipinski definition) is 0. The number of carbonyl (C=O) groups excluding carboxylic acids is 1. The first-order valence-electron chi connectivity index (χ1n) is 5.81. The lowest BCUT2D eigenvalue weighted by Crippen LogP contribution is -2.04. The first-order chi connectivity index (χ1) is 9.52. The van der Waals surface area contributed by atoms with Gasteiger partial charge in [-0.3, -0.25) is 0 Å². The van der Waals surface area contributed by atoms with E-state index < -0.39 is 17.9 Å². The molecule has 4 nitrogen and oxygen atoms in total. The average Bonchev–Trinajstić information content (AvgIpc) is 2.93. The first-order valence-corrected chi connectivity index (χ1v) is 6.19. The number of furan rings is 1. The maximum absolute atomic E-state index is 13.7. The summed E-state index contributed by atoms with van der Waals surface area (Å²) < 4.78 is 29.0. The predicted octanol–water partition coefficient (Wildman–Crippen LogP) is 4.00. The molecule has 0 aliphatic heterocycles. The lowest BCUT2D eigenvalue weighted by atomic mass is 10.3. The van der Waals surface area contributed by atoms with Crippen molar-refractivity contribution >= 4 is 17.6 Å². The van der Waals surface area contributed by atoms with E-state index in [2.05, 4.69) is 4.74 Å². The molecule has 1 heterocycles. The van der Waals surface area contributed by atoms with Crippen LogP contribution in [-0.2, 0) is 4.74 Å². The highest BCUT2D eigenvalue weighted by atomic mass is 35.5. The summed E-state index contributed by atoms with van der Waals surface area (Å²) in [6, 6.07) is 7.50. The van der Waals surface area contributed by atoms with Crippen molar-refractivity contribution in [2.45, 2.75) is 13.0 Å². The molecule has 6 heteroatoms. The van der Waals surface area contributed by atoms with Crippen molar-refractivity contribution in [2.75, 3.05) is 7.11 Å². The molecule has 0 spiro atoms. The van der Waals surface area contributed by atoms with Crippen LogP contribution in [-0.4, -0.2) is 13.1 Å². The third-order valence-electron chi connectivity index (χ3n) is 2.63. The molecule has 0 N–H and O–H groups in total. The highest BCUT2D eigenvalue weighted by Gasteiger charge is 2.18. The van der Waals surface area contributed by atoms with Crippen molar-refractivity contribution in [1.29, 1.82) is 0 Å². The van der Waals surface area contributed by atoms with Gasteiger partial charge < -0.3 is 13.9 Å². The molecule has 20 heavy (non-hydrogen) atoms. The van der Waals surface area contributed by atoms with Crippen LogP contribution in [0, 0.1) is 5.82 Å². The fourth-order valence-electron chi connectivity index (χ4n) is 1.61.